The number of amides is 1. The Bertz CT molecular complexity index is 1050. The van der Waals surface area contributed by atoms with Gasteiger partial charge in [0.2, 0.25) is 0 Å². The zero-order valence-electron chi connectivity index (χ0n) is 13.3. The average Bonchev–Trinajstić information content (AvgIpc) is 3.21. The number of hydrogen-bond acceptors (Lipinski definition) is 4. The van der Waals surface area contributed by atoms with E-state index in [2.05, 4.69) is 25.6 Å². The van der Waals surface area contributed by atoms with Crippen LogP contribution in [0.4, 0.5) is 5.69 Å². The van der Waals surface area contributed by atoms with E-state index in [9.17, 15) is 4.79 Å². The number of H-pyrrole nitrogens is 1. The van der Waals surface area contributed by atoms with Crippen LogP contribution in [-0.4, -0.2) is 30.9 Å². The van der Waals surface area contributed by atoms with Crippen molar-refractivity contribution in [3.8, 4) is 0 Å². The summed E-state index contributed by atoms with van der Waals surface area (Å²) in [5.74, 6) is -0.219. The molecule has 7 nitrogen and oxygen atoms in total. The Labute approximate surface area is 137 Å². The number of fused-ring (bicyclic) bond motifs is 2. The van der Waals surface area contributed by atoms with Crippen LogP contribution in [0, 0.1) is 0 Å². The SMILES string of the molecule is CC(C)n1ncc2cc(C(=O)Nc3cccc4cn[nH]c34)cnc21. The van der Waals surface area contributed by atoms with Crippen LogP contribution < -0.4 is 5.32 Å². The van der Waals surface area contributed by atoms with Crippen molar-refractivity contribution in [2.45, 2.75) is 19.9 Å². The molecule has 0 aliphatic carbocycles. The summed E-state index contributed by atoms with van der Waals surface area (Å²) in [5, 5.41) is 15.9. The van der Waals surface area contributed by atoms with Gasteiger partial charge in [0.15, 0.2) is 5.65 Å². The van der Waals surface area contributed by atoms with Gasteiger partial charge >= 0.3 is 0 Å². The molecule has 3 aromatic heterocycles. The van der Waals surface area contributed by atoms with Crippen LogP contribution in [0.5, 0.6) is 0 Å². The first-order valence-corrected chi connectivity index (χ1v) is 7.70. The summed E-state index contributed by atoms with van der Waals surface area (Å²) in [7, 11) is 0. The maximum Gasteiger partial charge on any atom is 0.257 e. The molecule has 2 N–H and O–H groups in total. The molecular formula is C17H16N6O. The molecule has 0 radical (unpaired) electrons. The van der Waals surface area contributed by atoms with Gasteiger partial charge < -0.3 is 5.32 Å². The molecule has 0 fully saturated rings. The molecule has 0 saturated heterocycles. The third kappa shape index (κ3) is 2.30. The molecule has 0 bridgehead atoms. The van der Waals surface area contributed by atoms with Crippen molar-refractivity contribution >= 4 is 33.5 Å². The summed E-state index contributed by atoms with van der Waals surface area (Å²) < 4.78 is 1.84. The van der Waals surface area contributed by atoms with Crippen LogP contribution in [0.2, 0.25) is 0 Å². The molecule has 0 spiro atoms. The lowest BCUT2D eigenvalue weighted by Crippen LogP contribution is -2.12. The summed E-state index contributed by atoms with van der Waals surface area (Å²) in [6.07, 6.45) is 5.03. The van der Waals surface area contributed by atoms with Crippen molar-refractivity contribution in [2.75, 3.05) is 5.32 Å². The molecule has 4 aromatic rings. The number of nitrogens with one attached hydrogen (secondary N) is 2. The van der Waals surface area contributed by atoms with Crippen molar-refractivity contribution in [3.63, 3.8) is 0 Å². The number of aromatic nitrogens is 5. The van der Waals surface area contributed by atoms with E-state index in [0.717, 1.165) is 21.9 Å². The zero-order valence-corrected chi connectivity index (χ0v) is 13.3. The van der Waals surface area contributed by atoms with E-state index >= 15 is 0 Å². The number of rotatable bonds is 3. The number of para-hydroxylation sites is 1. The largest absolute Gasteiger partial charge is 0.320 e. The van der Waals surface area contributed by atoms with Crippen LogP contribution in [0.3, 0.4) is 0 Å². The Kier molecular flexibility index (Phi) is 3.26. The number of aromatic amines is 1. The van der Waals surface area contributed by atoms with Gasteiger partial charge in [-0.15, -0.1) is 0 Å². The molecule has 0 unspecified atom stereocenters. The van der Waals surface area contributed by atoms with Crippen LogP contribution in [0.1, 0.15) is 30.2 Å². The molecular weight excluding hydrogens is 304 g/mol. The Balaban J connectivity index is 1.67. The van der Waals surface area contributed by atoms with E-state index < -0.39 is 0 Å². The fourth-order valence-corrected chi connectivity index (χ4v) is 2.71. The molecule has 7 heteroatoms. The number of carbonyl (C=O) groups is 1. The molecule has 120 valence electrons. The van der Waals surface area contributed by atoms with Crippen LogP contribution in [-0.2, 0) is 0 Å². The number of hydrogen-bond donors (Lipinski definition) is 2. The number of nitrogens with zero attached hydrogens (tertiary/aromatic N) is 4. The van der Waals surface area contributed by atoms with Crippen molar-refractivity contribution < 1.29 is 4.79 Å². The van der Waals surface area contributed by atoms with Crippen molar-refractivity contribution in [3.05, 3.63) is 48.4 Å². The van der Waals surface area contributed by atoms with Gasteiger partial charge in [-0.1, -0.05) is 12.1 Å². The summed E-state index contributed by atoms with van der Waals surface area (Å²) in [5.41, 5.74) is 2.75. The number of benzene rings is 1. The second-order valence-electron chi connectivity index (χ2n) is 5.91. The van der Waals surface area contributed by atoms with Gasteiger partial charge in [0.1, 0.15) is 0 Å². The number of anilines is 1. The molecule has 1 amide bonds. The van der Waals surface area contributed by atoms with Gasteiger partial charge in [-0.25, -0.2) is 9.67 Å². The molecule has 4 rings (SSSR count). The average molecular weight is 320 g/mol. The minimum Gasteiger partial charge on any atom is -0.320 e. The van der Waals surface area contributed by atoms with Crippen molar-refractivity contribution in [1.29, 1.82) is 0 Å². The summed E-state index contributed by atoms with van der Waals surface area (Å²) in [4.78, 5) is 16.9. The molecule has 1 aromatic carbocycles. The van der Waals surface area contributed by atoms with Crippen molar-refractivity contribution in [1.82, 2.24) is 25.0 Å². The fourth-order valence-electron chi connectivity index (χ4n) is 2.71. The molecule has 0 saturated carbocycles. The van der Waals surface area contributed by atoms with Gasteiger partial charge in [-0.05, 0) is 26.0 Å². The lowest BCUT2D eigenvalue weighted by Gasteiger charge is -2.08. The molecule has 0 aliphatic heterocycles. The third-order valence-corrected chi connectivity index (χ3v) is 3.91. The van der Waals surface area contributed by atoms with Crippen LogP contribution >= 0.6 is 0 Å². The Morgan fingerprint density at radius 3 is 2.92 bits per heavy atom. The van der Waals surface area contributed by atoms with Gasteiger partial charge in [0, 0.05) is 23.0 Å². The van der Waals surface area contributed by atoms with Crippen molar-refractivity contribution in [2.24, 2.45) is 0 Å². The predicted octanol–water partition coefficient (Wildman–Crippen LogP) is 3.14. The molecule has 24 heavy (non-hydrogen) atoms. The van der Waals surface area contributed by atoms with E-state index in [4.69, 9.17) is 0 Å². The van der Waals surface area contributed by atoms with E-state index in [1.54, 1.807) is 24.7 Å². The van der Waals surface area contributed by atoms with Gasteiger partial charge in [-0.2, -0.15) is 10.2 Å². The van der Waals surface area contributed by atoms with E-state index in [1.165, 1.54) is 0 Å². The second kappa shape index (κ2) is 5.45. The number of pyridine rings is 1. The quantitative estimate of drug-likeness (QED) is 0.607. The third-order valence-electron chi connectivity index (χ3n) is 3.91. The highest BCUT2D eigenvalue weighted by atomic mass is 16.1. The first kappa shape index (κ1) is 14.4. The van der Waals surface area contributed by atoms with E-state index in [-0.39, 0.29) is 11.9 Å². The highest BCUT2D eigenvalue weighted by molar-refractivity contribution is 6.09. The monoisotopic (exact) mass is 320 g/mol. The molecule has 3 heterocycles. The Morgan fingerprint density at radius 1 is 1.21 bits per heavy atom. The minimum atomic E-state index is -0.219. The van der Waals surface area contributed by atoms with Crippen LogP contribution in [0.25, 0.3) is 21.9 Å². The first-order chi connectivity index (χ1) is 11.6. The molecule has 0 atom stereocenters. The Hall–Kier alpha value is -3.22. The minimum absolute atomic E-state index is 0.215. The summed E-state index contributed by atoms with van der Waals surface area (Å²) in [6, 6.07) is 7.66. The topological polar surface area (TPSA) is 88.5 Å². The second-order valence-corrected chi connectivity index (χ2v) is 5.91. The van der Waals surface area contributed by atoms with Gasteiger partial charge in [-0.3, -0.25) is 9.89 Å². The van der Waals surface area contributed by atoms with E-state index in [0.29, 0.717) is 11.3 Å². The van der Waals surface area contributed by atoms with Gasteiger partial charge in [0.25, 0.3) is 5.91 Å². The normalized spacial score (nSPS) is 11.5. The highest BCUT2D eigenvalue weighted by Gasteiger charge is 2.13. The van der Waals surface area contributed by atoms with Crippen LogP contribution in [0.15, 0.2) is 42.9 Å². The lowest BCUT2D eigenvalue weighted by atomic mass is 10.2. The predicted molar refractivity (Wildman–Crippen MR) is 92.0 cm³/mol. The maximum absolute atomic E-state index is 12.6. The first-order valence-electron chi connectivity index (χ1n) is 7.70. The standard InChI is InChI=1S/C17H16N6O/c1-10(2)23-16-12(9-20-23)6-13(7-18-16)17(24)21-14-5-3-4-11-8-19-22-15(11)14/h3-10H,1-2H3,(H,19,22)(H,21,24). The lowest BCUT2D eigenvalue weighted by molar-refractivity contribution is 0.102. The van der Waals surface area contributed by atoms with Gasteiger partial charge in [0.05, 0.1) is 29.2 Å². The van der Waals surface area contributed by atoms with E-state index in [1.807, 2.05) is 36.7 Å². The smallest absolute Gasteiger partial charge is 0.257 e. The fraction of sp³-hybridized carbons (Fsp3) is 0.176. The number of carbonyl (C=O) groups excluding carboxylic acids is 1. The summed E-state index contributed by atoms with van der Waals surface area (Å²) >= 11 is 0. The maximum atomic E-state index is 12.6. The Morgan fingerprint density at radius 2 is 2.08 bits per heavy atom. The molecule has 0 aliphatic rings. The highest BCUT2D eigenvalue weighted by Crippen LogP contribution is 2.22. The summed E-state index contributed by atoms with van der Waals surface area (Å²) in [6.45, 7) is 4.08. The zero-order chi connectivity index (χ0) is 16.7.